The van der Waals surface area contributed by atoms with Gasteiger partial charge in [-0.05, 0) is 17.0 Å². The van der Waals surface area contributed by atoms with E-state index in [1.165, 1.54) is 6.07 Å². The standard InChI is InChI=1S/C13H9N3O2S2/c17-16(18)10-3-1-2-9(6-10)7-20-13-11-4-5-19-12(11)14-8-15-13/h1-6,8H,7H2. The molecule has 1 aromatic carbocycles. The molecule has 0 saturated carbocycles. The summed E-state index contributed by atoms with van der Waals surface area (Å²) in [6.45, 7) is 0. The van der Waals surface area contributed by atoms with Gasteiger partial charge in [-0.2, -0.15) is 0 Å². The third-order valence-electron chi connectivity index (χ3n) is 2.72. The Morgan fingerprint density at radius 3 is 3.05 bits per heavy atom. The van der Waals surface area contributed by atoms with Gasteiger partial charge in [0.25, 0.3) is 5.69 Å². The van der Waals surface area contributed by atoms with E-state index in [2.05, 4.69) is 9.97 Å². The summed E-state index contributed by atoms with van der Waals surface area (Å²) in [5.41, 5.74) is 1.03. The number of thiophene rings is 1. The van der Waals surface area contributed by atoms with Crippen LogP contribution in [0, 0.1) is 10.1 Å². The van der Waals surface area contributed by atoms with Crippen LogP contribution in [-0.2, 0) is 5.75 Å². The van der Waals surface area contributed by atoms with Gasteiger partial charge < -0.3 is 0 Å². The van der Waals surface area contributed by atoms with Crippen LogP contribution in [-0.4, -0.2) is 14.9 Å². The molecular formula is C13H9N3O2S2. The fourth-order valence-corrected chi connectivity index (χ4v) is 3.52. The lowest BCUT2D eigenvalue weighted by atomic mass is 10.2. The number of non-ortho nitro benzene ring substituents is 1. The van der Waals surface area contributed by atoms with Crippen LogP contribution in [0.5, 0.6) is 0 Å². The highest BCUT2D eigenvalue weighted by Crippen LogP contribution is 2.30. The number of hydrogen-bond acceptors (Lipinski definition) is 6. The first-order valence-electron chi connectivity index (χ1n) is 5.78. The molecule has 0 aliphatic heterocycles. The maximum absolute atomic E-state index is 10.7. The molecule has 0 radical (unpaired) electrons. The van der Waals surface area contributed by atoms with Crippen molar-refractivity contribution in [2.45, 2.75) is 10.8 Å². The summed E-state index contributed by atoms with van der Waals surface area (Å²) in [5.74, 6) is 0.642. The molecule has 3 aromatic rings. The van der Waals surface area contributed by atoms with Crippen LogP contribution in [0.1, 0.15) is 5.56 Å². The van der Waals surface area contributed by atoms with E-state index in [0.717, 1.165) is 20.8 Å². The second-order valence-electron chi connectivity index (χ2n) is 4.03. The highest BCUT2D eigenvalue weighted by molar-refractivity contribution is 7.98. The van der Waals surface area contributed by atoms with Crippen molar-refractivity contribution in [1.82, 2.24) is 9.97 Å². The topological polar surface area (TPSA) is 68.9 Å². The lowest BCUT2D eigenvalue weighted by Gasteiger charge is -2.02. The molecule has 0 bridgehead atoms. The van der Waals surface area contributed by atoms with Crippen LogP contribution >= 0.6 is 23.1 Å². The normalized spacial score (nSPS) is 10.8. The smallest absolute Gasteiger partial charge is 0.258 e. The summed E-state index contributed by atoms with van der Waals surface area (Å²) < 4.78 is 0. The summed E-state index contributed by atoms with van der Waals surface area (Å²) >= 11 is 3.14. The number of hydrogen-bond donors (Lipinski definition) is 0. The average molecular weight is 303 g/mol. The molecule has 100 valence electrons. The number of benzene rings is 1. The highest BCUT2D eigenvalue weighted by atomic mass is 32.2. The molecule has 0 saturated heterocycles. The van der Waals surface area contributed by atoms with E-state index < -0.39 is 0 Å². The van der Waals surface area contributed by atoms with Crippen LogP contribution in [0.4, 0.5) is 5.69 Å². The Morgan fingerprint density at radius 1 is 1.30 bits per heavy atom. The zero-order chi connectivity index (χ0) is 13.9. The monoisotopic (exact) mass is 303 g/mol. The fraction of sp³-hybridized carbons (Fsp3) is 0.0769. The van der Waals surface area contributed by atoms with Gasteiger partial charge in [-0.3, -0.25) is 10.1 Å². The van der Waals surface area contributed by atoms with E-state index in [4.69, 9.17) is 0 Å². The Kier molecular flexibility index (Phi) is 3.62. The predicted molar refractivity (Wildman–Crippen MR) is 80.1 cm³/mol. The third-order valence-corrected chi connectivity index (χ3v) is 4.62. The summed E-state index contributed by atoms with van der Waals surface area (Å²) in [4.78, 5) is 19.8. The molecule has 20 heavy (non-hydrogen) atoms. The molecule has 7 heteroatoms. The molecule has 0 atom stereocenters. The van der Waals surface area contributed by atoms with Gasteiger partial charge in [0.05, 0.1) is 4.92 Å². The van der Waals surface area contributed by atoms with Crippen molar-refractivity contribution in [3.63, 3.8) is 0 Å². The van der Waals surface area contributed by atoms with E-state index in [0.29, 0.717) is 5.75 Å². The Bertz CT molecular complexity index is 773. The number of rotatable bonds is 4. The van der Waals surface area contributed by atoms with Crippen molar-refractivity contribution in [2.75, 3.05) is 0 Å². The van der Waals surface area contributed by atoms with Crippen molar-refractivity contribution >= 4 is 39.0 Å². The van der Waals surface area contributed by atoms with Crippen molar-refractivity contribution in [2.24, 2.45) is 0 Å². The van der Waals surface area contributed by atoms with Crippen molar-refractivity contribution in [3.05, 3.63) is 57.7 Å². The SMILES string of the molecule is O=[N+]([O-])c1cccc(CSc2ncnc3sccc23)c1. The highest BCUT2D eigenvalue weighted by Gasteiger charge is 2.08. The van der Waals surface area contributed by atoms with E-state index in [1.54, 1.807) is 41.6 Å². The van der Waals surface area contributed by atoms with E-state index in [1.807, 2.05) is 17.5 Å². The van der Waals surface area contributed by atoms with Crippen molar-refractivity contribution in [1.29, 1.82) is 0 Å². The zero-order valence-electron chi connectivity index (χ0n) is 10.2. The molecule has 5 nitrogen and oxygen atoms in total. The van der Waals surface area contributed by atoms with Gasteiger partial charge in [-0.15, -0.1) is 23.1 Å². The first kappa shape index (κ1) is 13.0. The van der Waals surface area contributed by atoms with Gasteiger partial charge in [-0.1, -0.05) is 12.1 Å². The first-order chi connectivity index (χ1) is 9.74. The van der Waals surface area contributed by atoms with Crippen molar-refractivity contribution in [3.8, 4) is 0 Å². The molecule has 0 spiro atoms. The molecule has 0 unspecified atom stereocenters. The van der Waals surface area contributed by atoms with Gasteiger partial charge in [0.1, 0.15) is 16.2 Å². The Morgan fingerprint density at radius 2 is 2.20 bits per heavy atom. The minimum Gasteiger partial charge on any atom is -0.258 e. The Labute approximate surface area is 122 Å². The number of thioether (sulfide) groups is 1. The second kappa shape index (κ2) is 5.56. The quantitative estimate of drug-likeness (QED) is 0.316. The molecular weight excluding hydrogens is 294 g/mol. The van der Waals surface area contributed by atoms with Gasteiger partial charge in [0.2, 0.25) is 0 Å². The van der Waals surface area contributed by atoms with Gasteiger partial charge in [-0.25, -0.2) is 9.97 Å². The molecule has 0 fully saturated rings. The number of nitro benzene ring substituents is 1. The molecule has 0 aliphatic rings. The Hall–Kier alpha value is -1.99. The van der Waals surface area contributed by atoms with Gasteiger partial charge in [0.15, 0.2) is 0 Å². The van der Waals surface area contributed by atoms with Crippen LogP contribution in [0.2, 0.25) is 0 Å². The largest absolute Gasteiger partial charge is 0.269 e. The van der Waals surface area contributed by atoms with Crippen molar-refractivity contribution < 1.29 is 4.92 Å². The lowest BCUT2D eigenvalue weighted by molar-refractivity contribution is -0.384. The minimum atomic E-state index is -0.379. The predicted octanol–water partition coefficient (Wildman–Crippen LogP) is 3.89. The van der Waals surface area contributed by atoms with Crippen LogP contribution < -0.4 is 0 Å². The summed E-state index contributed by atoms with van der Waals surface area (Å²) in [5, 5.41) is 14.7. The summed E-state index contributed by atoms with van der Waals surface area (Å²) in [6.07, 6.45) is 1.55. The zero-order valence-corrected chi connectivity index (χ0v) is 11.9. The molecule has 3 rings (SSSR count). The second-order valence-corrected chi connectivity index (χ2v) is 5.89. The maximum atomic E-state index is 10.7. The van der Waals surface area contributed by atoms with Gasteiger partial charge >= 0.3 is 0 Å². The Balaban J connectivity index is 1.81. The minimum absolute atomic E-state index is 0.117. The number of fused-ring (bicyclic) bond motifs is 1. The first-order valence-corrected chi connectivity index (χ1v) is 7.65. The maximum Gasteiger partial charge on any atom is 0.269 e. The van der Waals surface area contributed by atoms with E-state index in [-0.39, 0.29) is 10.6 Å². The van der Waals surface area contributed by atoms with Crippen LogP contribution in [0.3, 0.4) is 0 Å². The molecule has 0 amide bonds. The lowest BCUT2D eigenvalue weighted by Crippen LogP contribution is -1.90. The molecule has 2 heterocycles. The fourth-order valence-electron chi connectivity index (χ4n) is 1.79. The summed E-state index contributed by atoms with van der Waals surface area (Å²) in [6, 6.07) is 8.67. The van der Waals surface area contributed by atoms with E-state index >= 15 is 0 Å². The molecule has 2 aromatic heterocycles. The number of nitro groups is 1. The third kappa shape index (κ3) is 2.63. The summed E-state index contributed by atoms with van der Waals surface area (Å²) in [7, 11) is 0. The number of aromatic nitrogens is 2. The van der Waals surface area contributed by atoms with Gasteiger partial charge in [0, 0.05) is 23.3 Å². The van der Waals surface area contributed by atoms with Crippen LogP contribution in [0.25, 0.3) is 10.2 Å². The van der Waals surface area contributed by atoms with E-state index in [9.17, 15) is 10.1 Å². The molecule has 0 aliphatic carbocycles. The van der Waals surface area contributed by atoms with Crippen LogP contribution in [0.15, 0.2) is 47.1 Å². The average Bonchev–Trinajstić information content (AvgIpc) is 2.94. The molecule has 0 N–H and O–H groups in total. The number of nitrogens with zero attached hydrogens (tertiary/aromatic N) is 3.